The van der Waals surface area contributed by atoms with E-state index in [1.807, 2.05) is 30.8 Å². The lowest BCUT2D eigenvalue weighted by Crippen LogP contribution is -2.51. The zero-order valence-electron chi connectivity index (χ0n) is 12.4. The van der Waals surface area contributed by atoms with Crippen molar-refractivity contribution in [3.8, 4) is 0 Å². The summed E-state index contributed by atoms with van der Waals surface area (Å²) in [5.74, 6) is 1.39. The summed E-state index contributed by atoms with van der Waals surface area (Å²) in [6, 6.07) is 1.93. The fraction of sp³-hybridized carbons (Fsp3) is 0.429. The molecule has 3 aromatic rings. The molecular weight excluding hydrogens is 282 g/mol. The number of aromatic nitrogens is 6. The third-order valence-electron chi connectivity index (χ3n) is 4.05. The number of rotatable bonds is 3. The minimum atomic E-state index is -0.397. The fourth-order valence-corrected chi connectivity index (χ4v) is 2.94. The topological polar surface area (TPSA) is 93.2 Å². The number of aliphatic hydroxyl groups is 1. The van der Waals surface area contributed by atoms with Crippen LogP contribution in [0.3, 0.4) is 0 Å². The summed E-state index contributed by atoms with van der Waals surface area (Å²) in [5.41, 5.74) is 1.95. The number of nitrogens with one attached hydrogen (secondary N) is 1. The Morgan fingerprint density at radius 3 is 2.91 bits per heavy atom. The third-order valence-corrected chi connectivity index (χ3v) is 4.05. The lowest BCUT2D eigenvalue weighted by Gasteiger charge is -2.42. The van der Waals surface area contributed by atoms with Crippen molar-refractivity contribution in [2.75, 3.05) is 5.32 Å². The molecule has 3 aromatic heterocycles. The SMILES string of the molecule is Cc1cnn([C@H]2[C@H](O)C[C@@H]2Nc2cc(C)nc3ncnn23)c1. The second-order valence-corrected chi connectivity index (χ2v) is 5.80. The molecule has 114 valence electrons. The molecule has 0 bridgehead atoms. The van der Waals surface area contributed by atoms with Crippen molar-refractivity contribution in [3.05, 3.63) is 36.0 Å². The first-order valence-electron chi connectivity index (χ1n) is 7.24. The van der Waals surface area contributed by atoms with Crippen molar-refractivity contribution < 1.29 is 5.11 Å². The zero-order valence-corrected chi connectivity index (χ0v) is 12.4. The normalized spacial score (nSPS) is 24.4. The first-order chi connectivity index (χ1) is 10.6. The first kappa shape index (κ1) is 13.2. The monoisotopic (exact) mass is 299 g/mol. The Bertz CT molecular complexity index is 824. The molecule has 3 atom stereocenters. The fourth-order valence-electron chi connectivity index (χ4n) is 2.94. The predicted octanol–water partition coefficient (Wildman–Crippen LogP) is 0.724. The number of aryl methyl sites for hydroxylation is 2. The van der Waals surface area contributed by atoms with Crippen LogP contribution in [0.25, 0.3) is 5.78 Å². The van der Waals surface area contributed by atoms with Gasteiger partial charge in [-0.15, -0.1) is 0 Å². The van der Waals surface area contributed by atoms with Crippen LogP contribution in [0, 0.1) is 13.8 Å². The highest BCUT2D eigenvalue weighted by Crippen LogP contribution is 2.35. The number of aliphatic hydroxyl groups excluding tert-OH is 1. The van der Waals surface area contributed by atoms with Gasteiger partial charge in [0.15, 0.2) is 0 Å². The molecule has 0 spiro atoms. The highest BCUT2D eigenvalue weighted by molar-refractivity contribution is 5.46. The van der Waals surface area contributed by atoms with Crippen LogP contribution in [0.2, 0.25) is 0 Å². The van der Waals surface area contributed by atoms with E-state index in [-0.39, 0.29) is 12.1 Å². The highest BCUT2D eigenvalue weighted by atomic mass is 16.3. The highest BCUT2D eigenvalue weighted by Gasteiger charge is 2.42. The lowest BCUT2D eigenvalue weighted by atomic mass is 9.83. The molecule has 1 aliphatic rings. The van der Waals surface area contributed by atoms with Gasteiger partial charge in [0.05, 0.1) is 24.4 Å². The lowest BCUT2D eigenvalue weighted by molar-refractivity contribution is 0.0132. The van der Waals surface area contributed by atoms with E-state index in [4.69, 9.17) is 0 Å². The maximum Gasteiger partial charge on any atom is 0.254 e. The van der Waals surface area contributed by atoms with Gasteiger partial charge in [0, 0.05) is 18.0 Å². The molecule has 8 heteroatoms. The van der Waals surface area contributed by atoms with E-state index in [2.05, 4.69) is 25.5 Å². The Labute approximate surface area is 126 Å². The molecule has 0 unspecified atom stereocenters. The summed E-state index contributed by atoms with van der Waals surface area (Å²) in [6.07, 6.45) is 5.50. The van der Waals surface area contributed by atoms with Crippen molar-refractivity contribution in [1.29, 1.82) is 0 Å². The number of fused-ring (bicyclic) bond motifs is 1. The van der Waals surface area contributed by atoms with E-state index < -0.39 is 6.10 Å². The van der Waals surface area contributed by atoms with Gasteiger partial charge in [-0.2, -0.15) is 19.7 Å². The maximum absolute atomic E-state index is 10.1. The summed E-state index contributed by atoms with van der Waals surface area (Å²) in [7, 11) is 0. The molecule has 0 saturated heterocycles. The van der Waals surface area contributed by atoms with Crippen LogP contribution in [0.1, 0.15) is 23.7 Å². The molecule has 0 radical (unpaired) electrons. The third kappa shape index (κ3) is 2.03. The number of hydrogen-bond donors (Lipinski definition) is 2. The Kier molecular flexibility index (Phi) is 2.86. The van der Waals surface area contributed by atoms with Crippen molar-refractivity contribution in [2.45, 2.75) is 38.5 Å². The van der Waals surface area contributed by atoms with Gasteiger partial charge in [0.25, 0.3) is 5.78 Å². The van der Waals surface area contributed by atoms with Crippen molar-refractivity contribution in [1.82, 2.24) is 29.4 Å². The zero-order chi connectivity index (χ0) is 15.3. The van der Waals surface area contributed by atoms with Crippen molar-refractivity contribution >= 4 is 11.6 Å². The summed E-state index contributed by atoms with van der Waals surface area (Å²) < 4.78 is 3.50. The Hall–Kier alpha value is -2.48. The molecular formula is C14H17N7O. The van der Waals surface area contributed by atoms with E-state index in [0.29, 0.717) is 12.2 Å². The second-order valence-electron chi connectivity index (χ2n) is 5.80. The van der Waals surface area contributed by atoms with Crippen LogP contribution in [-0.2, 0) is 0 Å². The largest absolute Gasteiger partial charge is 0.391 e. The molecule has 0 aliphatic heterocycles. The Morgan fingerprint density at radius 2 is 2.18 bits per heavy atom. The van der Waals surface area contributed by atoms with Gasteiger partial charge < -0.3 is 10.4 Å². The molecule has 1 fully saturated rings. The van der Waals surface area contributed by atoms with Gasteiger partial charge in [-0.3, -0.25) is 4.68 Å². The molecule has 2 N–H and O–H groups in total. The number of hydrogen-bond acceptors (Lipinski definition) is 6. The Morgan fingerprint density at radius 1 is 1.32 bits per heavy atom. The van der Waals surface area contributed by atoms with E-state index in [1.165, 1.54) is 6.33 Å². The summed E-state index contributed by atoms with van der Waals surface area (Å²) >= 11 is 0. The van der Waals surface area contributed by atoms with Crippen LogP contribution in [0.4, 0.5) is 5.82 Å². The van der Waals surface area contributed by atoms with E-state index in [9.17, 15) is 5.11 Å². The summed E-state index contributed by atoms with van der Waals surface area (Å²) in [5, 5.41) is 22.0. The first-order valence-corrected chi connectivity index (χ1v) is 7.24. The molecule has 8 nitrogen and oxygen atoms in total. The molecule has 0 amide bonds. The molecule has 22 heavy (non-hydrogen) atoms. The summed E-state index contributed by atoms with van der Waals surface area (Å²) in [6.45, 7) is 3.91. The predicted molar refractivity (Wildman–Crippen MR) is 79.6 cm³/mol. The Balaban J connectivity index is 1.63. The van der Waals surface area contributed by atoms with Gasteiger partial charge in [0.1, 0.15) is 12.1 Å². The molecule has 0 aromatic carbocycles. The van der Waals surface area contributed by atoms with Gasteiger partial charge >= 0.3 is 0 Å². The minimum absolute atomic E-state index is 0.0826. The van der Waals surface area contributed by atoms with Gasteiger partial charge in [-0.25, -0.2) is 4.98 Å². The standard InChI is InChI=1S/C14H17N7O/c1-8-5-16-20(6-8)13-10(4-11(13)22)19-12-3-9(2)18-14-15-7-17-21(12)14/h3,5-7,10-11,13,19,22H,4H2,1-2H3/t10-,11+,13+/m0/s1. The van der Waals surface area contributed by atoms with Crippen LogP contribution >= 0.6 is 0 Å². The van der Waals surface area contributed by atoms with Crippen molar-refractivity contribution in [3.63, 3.8) is 0 Å². The molecule has 4 rings (SSSR count). The van der Waals surface area contributed by atoms with Crippen LogP contribution < -0.4 is 5.32 Å². The smallest absolute Gasteiger partial charge is 0.254 e. The van der Waals surface area contributed by atoms with Crippen LogP contribution in [0.15, 0.2) is 24.8 Å². The second kappa shape index (κ2) is 4.77. The average molecular weight is 299 g/mol. The minimum Gasteiger partial charge on any atom is -0.391 e. The number of nitrogens with zero attached hydrogens (tertiary/aromatic N) is 6. The van der Waals surface area contributed by atoms with Crippen molar-refractivity contribution in [2.24, 2.45) is 0 Å². The maximum atomic E-state index is 10.1. The summed E-state index contributed by atoms with van der Waals surface area (Å²) in [4.78, 5) is 8.45. The van der Waals surface area contributed by atoms with E-state index in [0.717, 1.165) is 17.1 Å². The molecule has 3 heterocycles. The van der Waals surface area contributed by atoms with Gasteiger partial charge in [-0.1, -0.05) is 0 Å². The molecule has 1 aliphatic carbocycles. The van der Waals surface area contributed by atoms with Crippen LogP contribution in [0.5, 0.6) is 0 Å². The number of anilines is 1. The molecule has 1 saturated carbocycles. The quantitative estimate of drug-likeness (QED) is 0.740. The van der Waals surface area contributed by atoms with Gasteiger partial charge in [-0.05, 0) is 25.8 Å². The van der Waals surface area contributed by atoms with E-state index >= 15 is 0 Å². The van der Waals surface area contributed by atoms with Crippen LogP contribution in [-0.4, -0.2) is 46.6 Å². The average Bonchev–Trinajstić information content (AvgIpc) is 3.07. The van der Waals surface area contributed by atoms with Gasteiger partial charge in [0.2, 0.25) is 0 Å². The van der Waals surface area contributed by atoms with E-state index in [1.54, 1.807) is 10.7 Å².